The van der Waals surface area contributed by atoms with Gasteiger partial charge in [-0.25, -0.2) is 0 Å². The van der Waals surface area contributed by atoms with Crippen LogP contribution >= 0.6 is 0 Å². The lowest BCUT2D eigenvalue weighted by Crippen LogP contribution is -2.21. The van der Waals surface area contributed by atoms with E-state index in [0.29, 0.717) is 5.92 Å². The molecule has 128 valence electrons. The lowest BCUT2D eigenvalue weighted by molar-refractivity contribution is 0.292. The summed E-state index contributed by atoms with van der Waals surface area (Å²) in [5.74, 6) is 0.585. The summed E-state index contributed by atoms with van der Waals surface area (Å²) in [7, 11) is 0. The van der Waals surface area contributed by atoms with E-state index in [1.807, 2.05) is 0 Å². The van der Waals surface area contributed by atoms with Gasteiger partial charge in [0.15, 0.2) is 0 Å². The summed E-state index contributed by atoms with van der Waals surface area (Å²) in [6.07, 6.45) is 14.7. The Kier molecular flexibility index (Phi) is 12.3. The molecular weight excluding hydrogens is 266 g/mol. The van der Waals surface area contributed by atoms with Crippen molar-refractivity contribution < 1.29 is 0 Å². The van der Waals surface area contributed by atoms with E-state index < -0.39 is 0 Å². The van der Waals surface area contributed by atoms with Crippen molar-refractivity contribution in [2.24, 2.45) is 17.1 Å². The Balaban J connectivity index is 3.87. The van der Waals surface area contributed by atoms with E-state index >= 15 is 0 Å². The zero-order valence-electron chi connectivity index (χ0n) is 15.4. The molecule has 0 aliphatic rings. The fourth-order valence-electron chi connectivity index (χ4n) is 3.08. The average molecular weight is 306 g/mol. The molecule has 0 spiro atoms. The number of nitrogens with two attached hydrogens (primary N) is 1. The van der Waals surface area contributed by atoms with Gasteiger partial charge in [-0.1, -0.05) is 59.1 Å². The standard InChI is InChI=1S/C21H39N/c1-6-9-14-20(7-2)15-12-10-11-13-16-21(5,8-3)17-19(4)18-22/h8,19H,2-3,6,9-18,22H2,1,4-5H3. The molecule has 0 saturated heterocycles. The summed E-state index contributed by atoms with van der Waals surface area (Å²) in [6, 6.07) is 0. The van der Waals surface area contributed by atoms with Crippen LogP contribution in [0.15, 0.2) is 30.5 Å². The minimum atomic E-state index is 0.256. The predicted octanol–water partition coefficient (Wildman–Crippen LogP) is 6.41. The van der Waals surface area contributed by atoms with Gasteiger partial charge in [-0.15, -0.1) is 12.3 Å². The smallest absolute Gasteiger partial charge is 0.00512 e. The average Bonchev–Trinajstić information content (AvgIpc) is 2.53. The molecule has 2 unspecified atom stereocenters. The molecule has 0 rings (SSSR count). The van der Waals surface area contributed by atoms with Crippen molar-refractivity contribution in [1.29, 1.82) is 0 Å². The molecular formula is C21H39N. The van der Waals surface area contributed by atoms with Crippen molar-refractivity contribution in [1.82, 2.24) is 0 Å². The van der Waals surface area contributed by atoms with E-state index in [4.69, 9.17) is 5.73 Å². The molecule has 0 aromatic carbocycles. The number of allylic oxidation sites excluding steroid dienone is 2. The Morgan fingerprint density at radius 1 is 1.18 bits per heavy atom. The highest BCUT2D eigenvalue weighted by Crippen LogP contribution is 2.33. The second kappa shape index (κ2) is 12.7. The van der Waals surface area contributed by atoms with E-state index in [1.54, 1.807) is 0 Å². The van der Waals surface area contributed by atoms with Gasteiger partial charge in [-0.2, -0.15) is 0 Å². The molecule has 0 bridgehead atoms. The van der Waals surface area contributed by atoms with Crippen LogP contribution in [0.2, 0.25) is 0 Å². The third-order valence-corrected chi connectivity index (χ3v) is 4.77. The Bertz CT molecular complexity index is 338. The normalized spacial score (nSPS) is 14.9. The van der Waals surface area contributed by atoms with Crippen LogP contribution in [0.25, 0.3) is 0 Å². The molecule has 22 heavy (non-hydrogen) atoms. The predicted molar refractivity (Wildman–Crippen MR) is 101 cm³/mol. The van der Waals surface area contributed by atoms with Crippen LogP contribution in [0.5, 0.6) is 0 Å². The number of hydrogen-bond acceptors (Lipinski definition) is 1. The number of hydrogen-bond donors (Lipinski definition) is 1. The van der Waals surface area contributed by atoms with Crippen LogP contribution in [0.4, 0.5) is 0 Å². The first-order valence-corrected chi connectivity index (χ1v) is 9.22. The van der Waals surface area contributed by atoms with E-state index in [-0.39, 0.29) is 5.41 Å². The molecule has 0 radical (unpaired) electrons. The maximum absolute atomic E-state index is 5.76. The first kappa shape index (κ1) is 21.2. The van der Waals surface area contributed by atoms with Gasteiger partial charge in [-0.3, -0.25) is 0 Å². The topological polar surface area (TPSA) is 26.0 Å². The molecule has 0 heterocycles. The summed E-state index contributed by atoms with van der Waals surface area (Å²) < 4.78 is 0. The van der Waals surface area contributed by atoms with Crippen molar-refractivity contribution in [3.05, 3.63) is 30.5 Å². The second-order valence-corrected chi connectivity index (χ2v) is 7.20. The lowest BCUT2D eigenvalue weighted by Gasteiger charge is -2.28. The fourth-order valence-corrected chi connectivity index (χ4v) is 3.08. The molecule has 1 nitrogen and oxygen atoms in total. The van der Waals surface area contributed by atoms with Crippen molar-refractivity contribution >= 4 is 0 Å². The third kappa shape index (κ3) is 10.0. The first-order chi connectivity index (χ1) is 10.5. The van der Waals surface area contributed by atoms with Crippen molar-refractivity contribution in [3.8, 4) is 0 Å². The van der Waals surface area contributed by atoms with Gasteiger partial charge in [0, 0.05) is 0 Å². The molecule has 2 N–H and O–H groups in total. The summed E-state index contributed by atoms with van der Waals surface area (Å²) in [5, 5.41) is 0. The van der Waals surface area contributed by atoms with Crippen LogP contribution in [0, 0.1) is 11.3 Å². The van der Waals surface area contributed by atoms with Crippen molar-refractivity contribution in [3.63, 3.8) is 0 Å². The highest BCUT2D eigenvalue weighted by molar-refractivity contribution is 4.98. The van der Waals surface area contributed by atoms with Crippen molar-refractivity contribution in [2.75, 3.05) is 6.54 Å². The number of rotatable bonds is 14. The van der Waals surface area contributed by atoms with Crippen LogP contribution in [-0.4, -0.2) is 6.54 Å². The van der Waals surface area contributed by atoms with Gasteiger partial charge in [0.1, 0.15) is 0 Å². The SMILES string of the molecule is C=C=C(CCCC)CCCCCCC(C)(C=C)CC(C)CN. The molecule has 1 heteroatoms. The Hall–Kier alpha value is -0.780. The van der Waals surface area contributed by atoms with E-state index in [0.717, 1.165) is 13.0 Å². The summed E-state index contributed by atoms with van der Waals surface area (Å²) >= 11 is 0. The molecule has 0 aromatic heterocycles. The fraction of sp³-hybridized carbons (Fsp3) is 0.762. The second-order valence-electron chi connectivity index (χ2n) is 7.20. The largest absolute Gasteiger partial charge is 0.330 e. The van der Waals surface area contributed by atoms with E-state index in [9.17, 15) is 0 Å². The maximum Gasteiger partial charge on any atom is -0.00512 e. The van der Waals surface area contributed by atoms with Crippen LogP contribution in [0.1, 0.15) is 85.0 Å². The monoisotopic (exact) mass is 305 g/mol. The molecule has 0 aliphatic carbocycles. The summed E-state index contributed by atoms with van der Waals surface area (Å²) in [5.41, 5.74) is 10.6. The van der Waals surface area contributed by atoms with E-state index in [2.05, 4.69) is 45.7 Å². The zero-order chi connectivity index (χ0) is 16.8. The van der Waals surface area contributed by atoms with Crippen LogP contribution in [0.3, 0.4) is 0 Å². The molecule has 0 aromatic rings. The lowest BCUT2D eigenvalue weighted by atomic mass is 9.77. The highest BCUT2D eigenvalue weighted by Gasteiger charge is 2.21. The summed E-state index contributed by atoms with van der Waals surface area (Å²) in [4.78, 5) is 0. The van der Waals surface area contributed by atoms with Gasteiger partial charge in [0.05, 0.1) is 0 Å². The first-order valence-electron chi connectivity index (χ1n) is 9.22. The van der Waals surface area contributed by atoms with Gasteiger partial charge in [0.25, 0.3) is 0 Å². The van der Waals surface area contributed by atoms with Crippen molar-refractivity contribution in [2.45, 2.75) is 85.0 Å². The Morgan fingerprint density at radius 2 is 1.82 bits per heavy atom. The van der Waals surface area contributed by atoms with Gasteiger partial charge >= 0.3 is 0 Å². The molecule has 0 amide bonds. The van der Waals surface area contributed by atoms with Gasteiger partial charge in [-0.05, 0) is 62.0 Å². The minimum absolute atomic E-state index is 0.256. The summed E-state index contributed by atoms with van der Waals surface area (Å²) in [6.45, 7) is 15.4. The maximum atomic E-state index is 5.76. The van der Waals surface area contributed by atoms with E-state index in [1.165, 1.54) is 63.4 Å². The molecule has 0 aliphatic heterocycles. The number of unbranched alkanes of at least 4 members (excludes halogenated alkanes) is 4. The third-order valence-electron chi connectivity index (χ3n) is 4.77. The zero-order valence-corrected chi connectivity index (χ0v) is 15.4. The van der Waals surface area contributed by atoms with Crippen LogP contribution in [-0.2, 0) is 0 Å². The quantitative estimate of drug-likeness (QED) is 0.224. The minimum Gasteiger partial charge on any atom is -0.330 e. The molecule has 0 saturated carbocycles. The van der Waals surface area contributed by atoms with Gasteiger partial charge in [0.2, 0.25) is 0 Å². The van der Waals surface area contributed by atoms with Crippen LogP contribution < -0.4 is 5.73 Å². The highest BCUT2D eigenvalue weighted by atomic mass is 14.5. The Labute approximate surface area is 139 Å². The van der Waals surface area contributed by atoms with Gasteiger partial charge < -0.3 is 5.73 Å². The molecule has 2 atom stereocenters. The Morgan fingerprint density at radius 3 is 2.36 bits per heavy atom. The molecule has 0 fully saturated rings.